The first-order chi connectivity index (χ1) is 7.84. The van der Waals surface area contributed by atoms with Gasteiger partial charge in [0.25, 0.3) is 0 Å². The summed E-state index contributed by atoms with van der Waals surface area (Å²) in [5, 5.41) is 0.951. The van der Waals surface area contributed by atoms with Crippen LogP contribution in [0.2, 0.25) is 0 Å². The fourth-order valence-corrected chi connectivity index (χ4v) is 2.26. The molecular formula is C13H14N2O. The zero-order chi connectivity index (χ0) is 11.0. The summed E-state index contributed by atoms with van der Waals surface area (Å²) in [5.74, 6) is 0.873. The minimum atomic E-state index is 0.254. The van der Waals surface area contributed by atoms with Gasteiger partial charge < -0.3 is 4.98 Å². The van der Waals surface area contributed by atoms with Crippen molar-refractivity contribution in [1.82, 2.24) is 9.97 Å². The van der Waals surface area contributed by atoms with Gasteiger partial charge in [0, 0.05) is 29.8 Å². The molecule has 2 heterocycles. The second-order valence-electron chi connectivity index (χ2n) is 4.53. The number of nitrogens with one attached hydrogen (secondary N) is 1. The molecule has 2 aromatic heterocycles. The van der Waals surface area contributed by atoms with Gasteiger partial charge in [-0.25, -0.2) is 4.98 Å². The van der Waals surface area contributed by atoms with Crippen LogP contribution in [0.25, 0.3) is 11.0 Å². The van der Waals surface area contributed by atoms with Crippen molar-refractivity contribution in [1.29, 1.82) is 0 Å². The maximum absolute atomic E-state index is 12.1. The van der Waals surface area contributed by atoms with Gasteiger partial charge in [-0.3, -0.25) is 4.79 Å². The number of ketones is 1. The van der Waals surface area contributed by atoms with Crippen molar-refractivity contribution < 1.29 is 4.79 Å². The molecule has 2 aromatic rings. The van der Waals surface area contributed by atoms with E-state index in [2.05, 4.69) is 9.97 Å². The molecule has 0 unspecified atom stereocenters. The number of hydrogen-bond acceptors (Lipinski definition) is 2. The number of carbonyl (C=O) groups excluding carboxylic acids is 1. The van der Waals surface area contributed by atoms with Crippen LogP contribution >= 0.6 is 0 Å². The van der Waals surface area contributed by atoms with Crippen molar-refractivity contribution in [3.63, 3.8) is 0 Å². The van der Waals surface area contributed by atoms with Gasteiger partial charge >= 0.3 is 0 Å². The summed E-state index contributed by atoms with van der Waals surface area (Å²) in [4.78, 5) is 19.3. The highest BCUT2D eigenvalue weighted by Gasteiger charge is 2.22. The monoisotopic (exact) mass is 214 g/mol. The molecule has 3 rings (SSSR count). The fraction of sp³-hybridized carbons (Fsp3) is 0.385. The van der Waals surface area contributed by atoms with E-state index >= 15 is 0 Å². The zero-order valence-corrected chi connectivity index (χ0v) is 9.07. The van der Waals surface area contributed by atoms with Gasteiger partial charge in [0.1, 0.15) is 5.65 Å². The highest BCUT2D eigenvalue weighted by Crippen LogP contribution is 2.31. The van der Waals surface area contributed by atoms with E-state index in [1.807, 2.05) is 12.1 Å². The van der Waals surface area contributed by atoms with Crippen molar-refractivity contribution in [3.8, 4) is 0 Å². The Bertz CT molecular complexity index is 525. The normalized spacial score (nSPS) is 16.2. The molecule has 0 aliphatic heterocycles. The highest BCUT2D eigenvalue weighted by molar-refractivity contribution is 6.07. The quantitative estimate of drug-likeness (QED) is 0.798. The van der Waals surface area contributed by atoms with E-state index in [1.165, 1.54) is 19.3 Å². The molecule has 0 amide bonds. The second-order valence-corrected chi connectivity index (χ2v) is 4.53. The van der Waals surface area contributed by atoms with Crippen LogP contribution < -0.4 is 0 Å². The molecule has 1 fully saturated rings. The lowest BCUT2D eigenvalue weighted by atomic mass is 9.81. The Morgan fingerprint density at radius 2 is 2.38 bits per heavy atom. The van der Waals surface area contributed by atoms with Crippen molar-refractivity contribution in [3.05, 3.63) is 30.1 Å². The fourth-order valence-electron chi connectivity index (χ4n) is 2.26. The molecule has 0 spiro atoms. The molecule has 0 saturated heterocycles. The lowest BCUT2D eigenvalue weighted by Gasteiger charge is -2.24. The van der Waals surface area contributed by atoms with Crippen LogP contribution in [0.4, 0.5) is 0 Å². The molecule has 0 radical (unpaired) electrons. The second kappa shape index (κ2) is 3.74. The Labute approximate surface area is 93.9 Å². The maximum Gasteiger partial charge on any atom is 0.165 e. The number of nitrogens with zero attached hydrogens (tertiary/aromatic N) is 1. The Balaban J connectivity index is 1.89. The lowest BCUT2D eigenvalue weighted by molar-refractivity contribution is 0.0938. The smallest absolute Gasteiger partial charge is 0.165 e. The molecule has 0 atom stereocenters. The number of carbonyl (C=O) groups is 1. The summed E-state index contributed by atoms with van der Waals surface area (Å²) < 4.78 is 0. The van der Waals surface area contributed by atoms with Crippen LogP contribution in [0.15, 0.2) is 24.5 Å². The number of aromatic amines is 1. The van der Waals surface area contributed by atoms with Gasteiger partial charge in [0.2, 0.25) is 0 Å². The molecule has 3 nitrogen and oxygen atoms in total. The minimum Gasteiger partial charge on any atom is -0.345 e. The summed E-state index contributed by atoms with van der Waals surface area (Å²) in [6, 6.07) is 3.82. The zero-order valence-electron chi connectivity index (χ0n) is 9.07. The van der Waals surface area contributed by atoms with Crippen LogP contribution in [-0.2, 0) is 0 Å². The number of rotatable bonds is 3. The Kier molecular flexibility index (Phi) is 2.24. The van der Waals surface area contributed by atoms with E-state index in [0.717, 1.165) is 16.6 Å². The van der Waals surface area contributed by atoms with Crippen LogP contribution in [0.1, 0.15) is 36.0 Å². The minimum absolute atomic E-state index is 0.254. The molecule has 0 aromatic carbocycles. The Hall–Kier alpha value is -1.64. The van der Waals surface area contributed by atoms with Gasteiger partial charge in [-0.05, 0) is 18.1 Å². The lowest BCUT2D eigenvalue weighted by Crippen LogP contribution is -2.15. The van der Waals surface area contributed by atoms with E-state index in [9.17, 15) is 4.79 Å². The summed E-state index contributed by atoms with van der Waals surface area (Å²) in [6.07, 6.45) is 7.94. The van der Waals surface area contributed by atoms with Gasteiger partial charge in [-0.1, -0.05) is 19.3 Å². The number of aromatic nitrogens is 2. The van der Waals surface area contributed by atoms with Gasteiger partial charge in [-0.15, -0.1) is 0 Å². The average Bonchev–Trinajstić information content (AvgIpc) is 2.67. The number of fused-ring (bicyclic) bond motifs is 1. The standard InChI is InChI=1S/C13H14N2O/c16-12(7-9-3-1-4-9)11-8-15-13-10(11)5-2-6-14-13/h2,5-6,8-9H,1,3-4,7H2,(H,14,15). The molecule has 82 valence electrons. The summed E-state index contributed by atoms with van der Waals surface area (Å²) in [6.45, 7) is 0. The molecule has 3 heteroatoms. The molecule has 0 bridgehead atoms. The molecular weight excluding hydrogens is 200 g/mol. The number of hydrogen-bond donors (Lipinski definition) is 1. The van der Waals surface area contributed by atoms with Crippen LogP contribution in [0.5, 0.6) is 0 Å². The van der Waals surface area contributed by atoms with E-state index in [4.69, 9.17) is 0 Å². The van der Waals surface area contributed by atoms with Crippen molar-refractivity contribution in [2.24, 2.45) is 5.92 Å². The summed E-state index contributed by atoms with van der Waals surface area (Å²) in [5.41, 5.74) is 1.61. The van der Waals surface area contributed by atoms with Gasteiger partial charge in [0.15, 0.2) is 5.78 Å². The third-order valence-electron chi connectivity index (χ3n) is 3.45. The van der Waals surface area contributed by atoms with E-state index < -0.39 is 0 Å². The maximum atomic E-state index is 12.1. The number of H-pyrrole nitrogens is 1. The van der Waals surface area contributed by atoms with E-state index in [1.54, 1.807) is 12.4 Å². The van der Waals surface area contributed by atoms with Crippen LogP contribution in [0.3, 0.4) is 0 Å². The van der Waals surface area contributed by atoms with E-state index in [-0.39, 0.29) is 5.78 Å². The van der Waals surface area contributed by atoms with Crippen molar-refractivity contribution >= 4 is 16.8 Å². The van der Waals surface area contributed by atoms with Gasteiger partial charge in [-0.2, -0.15) is 0 Å². The first-order valence-corrected chi connectivity index (χ1v) is 5.80. The topological polar surface area (TPSA) is 45.8 Å². The van der Waals surface area contributed by atoms with Gasteiger partial charge in [0.05, 0.1) is 0 Å². The predicted octanol–water partition coefficient (Wildman–Crippen LogP) is 2.94. The molecule has 1 N–H and O–H groups in total. The number of pyridine rings is 1. The third-order valence-corrected chi connectivity index (χ3v) is 3.45. The molecule has 16 heavy (non-hydrogen) atoms. The third kappa shape index (κ3) is 1.52. The first-order valence-electron chi connectivity index (χ1n) is 5.80. The highest BCUT2D eigenvalue weighted by atomic mass is 16.1. The summed E-state index contributed by atoms with van der Waals surface area (Å²) >= 11 is 0. The molecule has 1 aliphatic rings. The Morgan fingerprint density at radius 3 is 3.12 bits per heavy atom. The summed E-state index contributed by atoms with van der Waals surface area (Å²) in [7, 11) is 0. The molecule has 1 saturated carbocycles. The SMILES string of the molecule is O=C(CC1CCC1)c1c[nH]c2ncccc12. The number of Topliss-reactive ketones (excluding diaryl/α,β-unsaturated/α-hetero) is 1. The average molecular weight is 214 g/mol. The van der Waals surface area contributed by atoms with E-state index in [0.29, 0.717) is 12.3 Å². The van der Waals surface area contributed by atoms with Crippen LogP contribution in [-0.4, -0.2) is 15.8 Å². The largest absolute Gasteiger partial charge is 0.345 e. The van der Waals surface area contributed by atoms with Crippen molar-refractivity contribution in [2.75, 3.05) is 0 Å². The van der Waals surface area contributed by atoms with Crippen LogP contribution in [0, 0.1) is 5.92 Å². The van der Waals surface area contributed by atoms with Crippen molar-refractivity contribution in [2.45, 2.75) is 25.7 Å². The first kappa shape index (κ1) is 9.58. The predicted molar refractivity (Wildman–Crippen MR) is 62.4 cm³/mol. The molecule has 1 aliphatic carbocycles. The Morgan fingerprint density at radius 1 is 1.50 bits per heavy atom.